The van der Waals surface area contributed by atoms with Crippen molar-refractivity contribution in [2.45, 2.75) is 52.1 Å². The van der Waals surface area contributed by atoms with Crippen molar-refractivity contribution in [3.05, 3.63) is 23.9 Å². The van der Waals surface area contributed by atoms with Crippen LogP contribution in [-0.2, 0) is 6.54 Å². The van der Waals surface area contributed by atoms with E-state index >= 15 is 0 Å². The number of piperazine rings is 1. The molecule has 8 heteroatoms. The van der Waals surface area contributed by atoms with Gasteiger partial charge in [0.25, 0.3) is 0 Å². The summed E-state index contributed by atoms with van der Waals surface area (Å²) in [5, 5.41) is 7.01. The number of piperidine rings is 1. The Hall–Kier alpha value is -1.13. The van der Waals surface area contributed by atoms with Crippen LogP contribution in [-0.4, -0.2) is 85.7 Å². The van der Waals surface area contributed by atoms with Gasteiger partial charge in [-0.05, 0) is 64.0 Å². The Labute approximate surface area is 206 Å². The van der Waals surface area contributed by atoms with Gasteiger partial charge in [-0.15, -0.1) is 24.0 Å². The van der Waals surface area contributed by atoms with E-state index in [9.17, 15) is 0 Å². The average Bonchev–Trinajstić information content (AvgIpc) is 2.80. The maximum absolute atomic E-state index is 4.61. The Morgan fingerprint density at radius 2 is 1.77 bits per heavy atom. The number of anilines is 1. The number of aliphatic imine (C=N–C) groups is 1. The summed E-state index contributed by atoms with van der Waals surface area (Å²) in [4.78, 5) is 16.5. The first kappa shape index (κ1) is 26.1. The molecule has 0 atom stereocenters. The fraction of sp³-hybridized carbons (Fsp3) is 0.739. The minimum absolute atomic E-state index is 0. The van der Waals surface area contributed by atoms with E-state index in [0.717, 1.165) is 57.6 Å². The quantitative estimate of drug-likeness (QED) is 0.314. The van der Waals surface area contributed by atoms with E-state index in [0.29, 0.717) is 0 Å². The van der Waals surface area contributed by atoms with Crippen LogP contribution in [0.1, 0.15) is 45.6 Å². The summed E-state index contributed by atoms with van der Waals surface area (Å²) in [6.45, 7) is 16.4. The van der Waals surface area contributed by atoms with Crippen molar-refractivity contribution >= 4 is 35.8 Å². The summed E-state index contributed by atoms with van der Waals surface area (Å²) >= 11 is 0. The number of likely N-dealkylation sites (tertiary alicyclic amines) is 1. The molecule has 31 heavy (non-hydrogen) atoms. The normalized spacial score (nSPS) is 19.1. The number of likely N-dealkylation sites (N-methyl/N-ethyl adjacent to an activating group) is 1. The number of hydrogen-bond acceptors (Lipinski definition) is 5. The fourth-order valence-corrected chi connectivity index (χ4v) is 4.35. The zero-order valence-electron chi connectivity index (χ0n) is 19.9. The van der Waals surface area contributed by atoms with E-state index in [-0.39, 0.29) is 29.5 Å². The zero-order chi connectivity index (χ0) is 21.4. The molecule has 2 aliphatic heterocycles. The lowest BCUT2D eigenvalue weighted by molar-refractivity contribution is 0.0982. The summed E-state index contributed by atoms with van der Waals surface area (Å²) in [6.07, 6.45) is 5.92. The second-order valence-electron chi connectivity index (χ2n) is 9.08. The summed E-state index contributed by atoms with van der Waals surface area (Å²) in [5.74, 6) is 1.94. The molecule has 0 amide bonds. The van der Waals surface area contributed by atoms with E-state index in [1.54, 1.807) is 0 Å². The smallest absolute Gasteiger partial charge is 0.191 e. The van der Waals surface area contributed by atoms with Crippen molar-refractivity contribution in [1.82, 2.24) is 25.4 Å². The van der Waals surface area contributed by atoms with Gasteiger partial charge in [0, 0.05) is 58.1 Å². The van der Waals surface area contributed by atoms with Crippen molar-refractivity contribution in [2.75, 3.05) is 64.3 Å². The number of pyridine rings is 1. The molecule has 0 saturated carbocycles. The van der Waals surface area contributed by atoms with Gasteiger partial charge in [-0.2, -0.15) is 0 Å². The lowest BCUT2D eigenvalue weighted by Crippen LogP contribution is -2.54. The number of nitrogens with zero attached hydrogens (tertiary/aromatic N) is 5. The lowest BCUT2D eigenvalue weighted by Gasteiger charge is -2.41. The predicted octanol–water partition coefficient (Wildman–Crippen LogP) is 2.77. The van der Waals surface area contributed by atoms with Crippen LogP contribution in [0.15, 0.2) is 23.3 Å². The Bertz CT molecular complexity index is 680. The molecule has 2 saturated heterocycles. The molecule has 2 fully saturated rings. The average molecular weight is 544 g/mol. The Balaban J connectivity index is 0.00000341. The third-order valence-electron chi connectivity index (χ3n) is 6.54. The summed E-state index contributed by atoms with van der Waals surface area (Å²) < 4.78 is 0. The number of nitrogens with one attached hydrogen (secondary N) is 2. The second-order valence-corrected chi connectivity index (χ2v) is 9.08. The van der Waals surface area contributed by atoms with E-state index in [1.807, 2.05) is 13.2 Å². The van der Waals surface area contributed by atoms with Crippen LogP contribution in [0.25, 0.3) is 0 Å². The SMILES string of the molecule is CCN1CCN(c2cc(CNC(=NC)NCC(C)(C)N3CCCCC3)ccn2)CC1.I. The third kappa shape index (κ3) is 7.75. The lowest BCUT2D eigenvalue weighted by atomic mass is 9.98. The van der Waals surface area contributed by atoms with Gasteiger partial charge in [0.15, 0.2) is 5.96 Å². The predicted molar refractivity (Wildman–Crippen MR) is 142 cm³/mol. The van der Waals surface area contributed by atoms with Gasteiger partial charge in [-0.1, -0.05) is 13.3 Å². The molecule has 3 heterocycles. The van der Waals surface area contributed by atoms with Crippen molar-refractivity contribution < 1.29 is 0 Å². The molecule has 1 aromatic heterocycles. The Morgan fingerprint density at radius 3 is 2.42 bits per heavy atom. The van der Waals surface area contributed by atoms with Gasteiger partial charge >= 0.3 is 0 Å². The van der Waals surface area contributed by atoms with Crippen LogP contribution in [0.4, 0.5) is 5.82 Å². The van der Waals surface area contributed by atoms with E-state index in [1.165, 1.54) is 37.9 Å². The van der Waals surface area contributed by atoms with Crippen LogP contribution in [0.2, 0.25) is 0 Å². The molecule has 176 valence electrons. The van der Waals surface area contributed by atoms with Crippen LogP contribution in [0.5, 0.6) is 0 Å². The highest BCUT2D eigenvalue weighted by molar-refractivity contribution is 14.0. The van der Waals surface area contributed by atoms with Crippen molar-refractivity contribution in [1.29, 1.82) is 0 Å². The molecular weight excluding hydrogens is 501 g/mol. The molecule has 0 radical (unpaired) electrons. The van der Waals surface area contributed by atoms with Crippen LogP contribution < -0.4 is 15.5 Å². The van der Waals surface area contributed by atoms with Gasteiger partial charge < -0.3 is 20.4 Å². The van der Waals surface area contributed by atoms with E-state index in [4.69, 9.17) is 0 Å². The standard InChI is InChI=1S/C23H41N7.HI/c1-5-28-13-15-29(16-14-28)21-17-20(9-10-25-21)18-26-22(24-4)27-19-23(2,3)30-11-7-6-8-12-30;/h9-10,17H,5-8,11-16,18-19H2,1-4H3,(H2,24,26,27);1H. The molecule has 2 aliphatic rings. The molecular formula is C23H42IN7. The Morgan fingerprint density at radius 1 is 1.06 bits per heavy atom. The maximum Gasteiger partial charge on any atom is 0.191 e. The van der Waals surface area contributed by atoms with Gasteiger partial charge in [-0.3, -0.25) is 9.89 Å². The first-order valence-corrected chi connectivity index (χ1v) is 11.6. The number of aromatic nitrogens is 1. The minimum Gasteiger partial charge on any atom is -0.355 e. The van der Waals surface area contributed by atoms with Gasteiger partial charge in [-0.25, -0.2) is 4.98 Å². The molecule has 2 N–H and O–H groups in total. The number of hydrogen-bond donors (Lipinski definition) is 2. The molecule has 0 aromatic carbocycles. The fourth-order valence-electron chi connectivity index (χ4n) is 4.35. The van der Waals surface area contributed by atoms with Gasteiger partial charge in [0.2, 0.25) is 0 Å². The van der Waals surface area contributed by atoms with Crippen molar-refractivity contribution in [2.24, 2.45) is 4.99 Å². The number of halogens is 1. The highest BCUT2D eigenvalue weighted by Gasteiger charge is 2.27. The molecule has 0 bridgehead atoms. The molecule has 0 aliphatic carbocycles. The second kappa shape index (κ2) is 12.8. The van der Waals surface area contributed by atoms with Gasteiger partial charge in [0.1, 0.15) is 5.82 Å². The molecule has 3 rings (SSSR count). The molecule has 1 aromatic rings. The van der Waals surface area contributed by atoms with Crippen LogP contribution in [0.3, 0.4) is 0 Å². The Kier molecular flexibility index (Phi) is 10.8. The maximum atomic E-state index is 4.61. The summed E-state index contributed by atoms with van der Waals surface area (Å²) in [7, 11) is 1.84. The van der Waals surface area contributed by atoms with Crippen LogP contribution >= 0.6 is 24.0 Å². The minimum atomic E-state index is 0. The highest BCUT2D eigenvalue weighted by Crippen LogP contribution is 2.20. The number of guanidine groups is 1. The summed E-state index contributed by atoms with van der Waals surface area (Å²) in [5.41, 5.74) is 1.36. The van der Waals surface area contributed by atoms with E-state index in [2.05, 4.69) is 68.2 Å². The number of rotatable bonds is 7. The largest absolute Gasteiger partial charge is 0.355 e. The van der Waals surface area contributed by atoms with Crippen molar-refractivity contribution in [3.63, 3.8) is 0 Å². The van der Waals surface area contributed by atoms with Gasteiger partial charge in [0.05, 0.1) is 0 Å². The first-order valence-electron chi connectivity index (χ1n) is 11.6. The summed E-state index contributed by atoms with van der Waals surface area (Å²) in [6, 6.07) is 4.29. The first-order chi connectivity index (χ1) is 14.5. The van der Waals surface area contributed by atoms with Crippen molar-refractivity contribution in [3.8, 4) is 0 Å². The third-order valence-corrected chi connectivity index (χ3v) is 6.54. The van der Waals surface area contributed by atoms with E-state index < -0.39 is 0 Å². The highest BCUT2D eigenvalue weighted by atomic mass is 127. The molecule has 0 unspecified atom stereocenters. The topological polar surface area (TPSA) is 59.0 Å². The monoisotopic (exact) mass is 543 g/mol. The molecule has 0 spiro atoms. The zero-order valence-corrected chi connectivity index (χ0v) is 22.2. The molecule has 7 nitrogen and oxygen atoms in total. The van der Waals surface area contributed by atoms with Crippen LogP contribution in [0, 0.1) is 0 Å².